The molecule has 0 heterocycles. The standard InChI is InChI=1S/C16H33BN2O2/c1-11(14(4,5)19(8,9)10)13(2,3)16(7,17)15(6,18)12(20)21/h11H,18H2,1-10H3/p+1. The fourth-order valence-electron chi connectivity index (χ4n) is 2.81. The summed E-state index contributed by atoms with van der Waals surface area (Å²) >= 11 is 0. The van der Waals surface area contributed by atoms with E-state index in [1.807, 2.05) is 13.8 Å². The highest BCUT2D eigenvalue weighted by Gasteiger charge is 2.58. The number of rotatable bonds is 6. The monoisotopic (exact) mass is 297 g/mol. The summed E-state index contributed by atoms with van der Waals surface area (Å²) in [6.07, 6.45) is 0. The van der Waals surface area contributed by atoms with E-state index in [0.29, 0.717) is 0 Å². The second-order valence-corrected chi connectivity index (χ2v) is 8.82. The number of hydrogen-bond acceptors (Lipinski definition) is 2. The second kappa shape index (κ2) is 5.27. The maximum absolute atomic E-state index is 11.6. The average Bonchev–Trinajstić information content (AvgIpc) is 2.25. The Morgan fingerprint density at radius 1 is 1.10 bits per heavy atom. The van der Waals surface area contributed by atoms with Crippen LogP contribution < -0.4 is 5.73 Å². The smallest absolute Gasteiger partial charge is 0.323 e. The SMILES string of the molecule is [B]C(C)(C(C)(N)C(=O)O)C(C)(C)C(C)C(C)(C)[N+](C)(C)C. The third-order valence-corrected chi connectivity index (χ3v) is 6.73. The summed E-state index contributed by atoms with van der Waals surface area (Å²) in [4.78, 5) is 11.6. The molecule has 122 valence electrons. The number of nitrogens with zero attached hydrogens (tertiary/aromatic N) is 1. The lowest BCUT2D eigenvalue weighted by Gasteiger charge is -2.58. The van der Waals surface area contributed by atoms with Gasteiger partial charge in [-0.15, -0.1) is 0 Å². The van der Waals surface area contributed by atoms with E-state index in [0.717, 1.165) is 4.48 Å². The van der Waals surface area contributed by atoms with Crippen LogP contribution in [0.25, 0.3) is 0 Å². The third-order valence-electron chi connectivity index (χ3n) is 6.73. The van der Waals surface area contributed by atoms with Gasteiger partial charge >= 0.3 is 5.97 Å². The molecule has 0 spiro atoms. The first-order valence-electron chi connectivity index (χ1n) is 7.48. The van der Waals surface area contributed by atoms with Crippen molar-refractivity contribution >= 4 is 13.8 Å². The minimum atomic E-state index is -1.51. The number of aliphatic carboxylic acids is 1. The molecule has 0 saturated heterocycles. The summed E-state index contributed by atoms with van der Waals surface area (Å²) in [5, 5.41) is 8.40. The van der Waals surface area contributed by atoms with Crippen LogP contribution >= 0.6 is 0 Å². The number of nitrogens with two attached hydrogens (primary N) is 1. The van der Waals surface area contributed by atoms with Crippen LogP contribution in [0, 0.1) is 11.3 Å². The first-order chi connectivity index (χ1) is 8.85. The fraction of sp³-hybridized carbons (Fsp3) is 0.938. The van der Waals surface area contributed by atoms with E-state index in [2.05, 4.69) is 41.9 Å². The number of carboxylic acids is 1. The second-order valence-electron chi connectivity index (χ2n) is 8.82. The third kappa shape index (κ3) is 3.00. The summed E-state index contributed by atoms with van der Waals surface area (Å²) in [7, 11) is 12.9. The van der Waals surface area contributed by atoms with Gasteiger partial charge in [-0.25, -0.2) is 0 Å². The number of carbonyl (C=O) groups is 1. The van der Waals surface area contributed by atoms with Gasteiger partial charge in [0.1, 0.15) is 5.54 Å². The van der Waals surface area contributed by atoms with E-state index in [-0.39, 0.29) is 11.5 Å². The zero-order valence-corrected chi connectivity index (χ0v) is 15.5. The van der Waals surface area contributed by atoms with Gasteiger partial charge in [0.25, 0.3) is 0 Å². The lowest BCUT2D eigenvalue weighted by Crippen LogP contribution is -2.65. The highest BCUT2D eigenvalue weighted by molar-refractivity contribution is 6.19. The fourth-order valence-corrected chi connectivity index (χ4v) is 2.81. The van der Waals surface area contributed by atoms with Crippen LogP contribution in [-0.2, 0) is 4.79 Å². The van der Waals surface area contributed by atoms with Gasteiger partial charge in [0, 0.05) is 5.92 Å². The molecular weight excluding hydrogens is 263 g/mol. The quantitative estimate of drug-likeness (QED) is 0.584. The molecular formula is C16H34BN2O2+. The predicted octanol–water partition coefficient (Wildman–Crippen LogP) is 2.28. The molecule has 5 heteroatoms. The summed E-state index contributed by atoms with van der Waals surface area (Å²) in [6, 6.07) is 0. The molecule has 0 bridgehead atoms. The Morgan fingerprint density at radius 3 is 1.67 bits per heavy atom. The van der Waals surface area contributed by atoms with Crippen LogP contribution in [0.3, 0.4) is 0 Å². The number of quaternary nitrogens is 1. The zero-order chi connectivity index (χ0) is 17.7. The summed E-state index contributed by atoms with van der Waals surface area (Å²) < 4.78 is 0.752. The molecule has 3 N–H and O–H groups in total. The van der Waals surface area contributed by atoms with Gasteiger partial charge < -0.3 is 15.3 Å². The average molecular weight is 297 g/mol. The van der Waals surface area contributed by atoms with Gasteiger partial charge in [-0.2, -0.15) is 0 Å². The molecule has 0 aliphatic rings. The van der Waals surface area contributed by atoms with Gasteiger partial charge in [-0.1, -0.05) is 27.7 Å². The molecule has 0 aliphatic heterocycles. The van der Waals surface area contributed by atoms with Crippen LogP contribution in [0.1, 0.15) is 48.5 Å². The van der Waals surface area contributed by atoms with E-state index in [4.69, 9.17) is 13.6 Å². The molecule has 21 heavy (non-hydrogen) atoms. The van der Waals surface area contributed by atoms with Crippen molar-refractivity contribution in [3.63, 3.8) is 0 Å². The Bertz CT molecular complexity index is 407. The lowest BCUT2D eigenvalue weighted by atomic mass is 9.42. The van der Waals surface area contributed by atoms with Crippen LogP contribution in [0.15, 0.2) is 0 Å². The summed E-state index contributed by atoms with van der Waals surface area (Å²) in [5.41, 5.74) is 3.99. The van der Waals surface area contributed by atoms with Crippen molar-refractivity contribution in [3.05, 3.63) is 0 Å². The normalized spacial score (nSPS) is 21.3. The molecule has 3 unspecified atom stereocenters. The van der Waals surface area contributed by atoms with Gasteiger partial charge in [0.05, 0.1) is 34.5 Å². The molecule has 0 saturated carbocycles. The van der Waals surface area contributed by atoms with Crippen molar-refractivity contribution < 1.29 is 14.4 Å². The van der Waals surface area contributed by atoms with Crippen LogP contribution in [0.5, 0.6) is 0 Å². The van der Waals surface area contributed by atoms with Gasteiger partial charge in [-0.3, -0.25) is 4.79 Å². The maximum Gasteiger partial charge on any atom is 0.323 e. The molecule has 4 nitrogen and oxygen atoms in total. The van der Waals surface area contributed by atoms with Crippen molar-refractivity contribution in [3.8, 4) is 0 Å². The van der Waals surface area contributed by atoms with E-state index >= 15 is 0 Å². The molecule has 0 fully saturated rings. The van der Waals surface area contributed by atoms with Gasteiger partial charge in [-0.05, 0) is 31.5 Å². The van der Waals surface area contributed by atoms with E-state index in [9.17, 15) is 9.90 Å². The first kappa shape index (κ1) is 20.5. The van der Waals surface area contributed by atoms with Crippen LogP contribution in [-0.4, -0.2) is 55.6 Å². The maximum atomic E-state index is 11.6. The summed E-state index contributed by atoms with van der Waals surface area (Å²) in [6.45, 7) is 13.8. The van der Waals surface area contributed by atoms with Gasteiger partial charge in [0.2, 0.25) is 0 Å². The number of hydrogen-bond donors (Lipinski definition) is 2. The van der Waals surface area contributed by atoms with Crippen LogP contribution in [0.2, 0.25) is 5.31 Å². The Hall–Kier alpha value is -0.545. The molecule has 0 aromatic heterocycles. The van der Waals surface area contributed by atoms with Crippen molar-refractivity contribution in [2.45, 2.75) is 64.9 Å². The largest absolute Gasteiger partial charge is 0.480 e. The molecule has 0 rings (SSSR count). The highest BCUT2D eigenvalue weighted by Crippen LogP contribution is 2.57. The van der Waals surface area contributed by atoms with Gasteiger partial charge in [0.15, 0.2) is 0 Å². The van der Waals surface area contributed by atoms with Crippen molar-refractivity contribution in [1.82, 2.24) is 0 Å². The molecule has 0 amide bonds. The predicted molar refractivity (Wildman–Crippen MR) is 89.4 cm³/mol. The Morgan fingerprint density at radius 2 is 1.43 bits per heavy atom. The van der Waals surface area contributed by atoms with Crippen molar-refractivity contribution in [1.29, 1.82) is 0 Å². The molecule has 0 aliphatic carbocycles. The zero-order valence-electron chi connectivity index (χ0n) is 15.5. The highest BCUT2D eigenvalue weighted by atomic mass is 16.4. The molecule has 2 radical (unpaired) electrons. The number of carboxylic acid groups (broad SMARTS) is 1. The van der Waals surface area contributed by atoms with Crippen molar-refractivity contribution in [2.75, 3.05) is 21.1 Å². The molecule has 0 aromatic carbocycles. The van der Waals surface area contributed by atoms with E-state index in [1.165, 1.54) is 6.92 Å². The molecule has 0 aromatic rings. The lowest BCUT2D eigenvalue weighted by molar-refractivity contribution is -0.925. The first-order valence-corrected chi connectivity index (χ1v) is 7.48. The Kier molecular flexibility index (Phi) is 5.13. The minimum Gasteiger partial charge on any atom is -0.480 e. The Balaban J connectivity index is 5.94. The van der Waals surface area contributed by atoms with E-state index in [1.54, 1.807) is 6.92 Å². The van der Waals surface area contributed by atoms with Crippen LogP contribution in [0.4, 0.5) is 0 Å². The topological polar surface area (TPSA) is 63.3 Å². The molecule has 3 atom stereocenters. The Labute approximate surface area is 132 Å². The minimum absolute atomic E-state index is 0.0985. The van der Waals surface area contributed by atoms with E-state index < -0.39 is 22.2 Å². The van der Waals surface area contributed by atoms with Crippen molar-refractivity contribution in [2.24, 2.45) is 17.1 Å². The summed E-state index contributed by atoms with van der Waals surface area (Å²) in [5.74, 6) is -0.932.